The Balaban J connectivity index is 2.82. The van der Waals surface area contributed by atoms with Crippen LogP contribution in [0.5, 0.6) is 0 Å². The zero-order chi connectivity index (χ0) is 15.3. The molecule has 108 valence electrons. The van der Waals surface area contributed by atoms with Gasteiger partial charge in [-0.25, -0.2) is 9.78 Å². The number of rotatable bonds is 1. The first-order chi connectivity index (χ1) is 9.00. The van der Waals surface area contributed by atoms with E-state index < -0.39 is 40.8 Å². The molecule has 0 unspecified atom stereocenters. The summed E-state index contributed by atoms with van der Waals surface area (Å²) in [7, 11) is 0. The number of hydrogen-bond donors (Lipinski definition) is 1. The normalized spacial score (nSPS) is 12.9. The van der Waals surface area contributed by atoms with Gasteiger partial charge in [0.2, 0.25) is 0 Å². The van der Waals surface area contributed by atoms with Gasteiger partial charge < -0.3 is 9.51 Å². The molecule has 0 saturated heterocycles. The van der Waals surface area contributed by atoms with Gasteiger partial charge in [0.1, 0.15) is 5.65 Å². The monoisotopic (exact) mass is 298 g/mol. The quantitative estimate of drug-likeness (QED) is 0.823. The number of carboxylic acids is 1. The number of aromatic nitrogens is 2. The molecule has 0 fully saturated rings. The maximum atomic E-state index is 12.7. The average molecular weight is 298 g/mol. The van der Waals surface area contributed by atoms with Gasteiger partial charge >= 0.3 is 18.3 Å². The number of pyridine rings is 1. The number of hydrogen-bond acceptors (Lipinski definition) is 2. The number of aromatic carboxylic acids is 1. The van der Waals surface area contributed by atoms with Gasteiger partial charge in [-0.3, -0.25) is 0 Å². The van der Waals surface area contributed by atoms with Crippen LogP contribution < -0.4 is 0 Å². The Morgan fingerprint density at radius 2 is 1.70 bits per heavy atom. The highest BCUT2D eigenvalue weighted by Gasteiger charge is 2.39. The number of halogens is 6. The van der Waals surface area contributed by atoms with Gasteiger partial charge in [-0.2, -0.15) is 26.3 Å². The minimum absolute atomic E-state index is 0.103. The molecule has 0 aliphatic heterocycles. The van der Waals surface area contributed by atoms with E-state index >= 15 is 0 Å². The average Bonchev–Trinajstić information content (AvgIpc) is 2.68. The van der Waals surface area contributed by atoms with Gasteiger partial charge in [-0.1, -0.05) is 0 Å². The largest absolute Gasteiger partial charge is 0.476 e. The van der Waals surface area contributed by atoms with E-state index in [1.807, 2.05) is 0 Å². The fourth-order valence-corrected chi connectivity index (χ4v) is 1.57. The first-order valence-electron chi connectivity index (χ1n) is 4.90. The molecule has 0 saturated carbocycles. The van der Waals surface area contributed by atoms with Crippen LogP contribution in [0.4, 0.5) is 26.3 Å². The highest BCUT2D eigenvalue weighted by atomic mass is 19.4. The number of nitrogens with zero attached hydrogens (tertiary/aromatic N) is 2. The lowest BCUT2D eigenvalue weighted by atomic mass is 10.2. The molecule has 4 nitrogen and oxygen atoms in total. The van der Waals surface area contributed by atoms with Crippen LogP contribution in [-0.2, 0) is 12.4 Å². The van der Waals surface area contributed by atoms with Gasteiger partial charge in [0.05, 0.1) is 11.1 Å². The second-order valence-corrected chi connectivity index (χ2v) is 3.80. The van der Waals surface area contributed by atoms with Crippen molar-refractivity contribution in [3.63, 3.8) is 0 Å². The van der Waals surface area contributed by atoms with E-state index in [1.165, 1.54) is 0 Å². The SMILES string of the molecule is O=C(O)c1cn2cc(C(F)(F)F)cc(C(F)(F)F)c2n1. The fourth-order valence-electron chi connectivity index (χ4n) is 1.57. The number of carbonyl (C=O) groups is 1. The standard InChI is InChI=1S/C10H4F6N2O2/c11-9(12,13)4-1-5(10(14,15)16)7-17-6(8(19)20)3-18(7)2-4/h1-3H,(H,19,20). The van der Waals surface area contributed by atoms with E-state index in [1.54, 1.807) is 0 Å². The van der Waals surface area contributed by atoms with Crippen LogP contribution in [0.2, 0.25) is 0 Å². The molecule has 2 aromatic rings. The van der Waals surface area contributed by atoms with E-state index in [9.17, 15) is 31.1 Å². The highest BCUT2D eigenvalue weighted by Crippen LogP contribution is 2.37. The second kappa shape index (κ2) is 4.12. The van der Waals surface area contributed by atoms with Crippen LogP contribution in [0.15, 0.2) is 18.5 Å². The van der Waals surface area contributed by atoms with Crippen molar-refractivity contribution in [3.8, 4) is 0 Å². The summed E-state index contributed by atoms with van der Waals surface area (Å²) in [5, 5.41) is 8.63. The maximum Gasteiger partial charge on any atom is 0.419 e. The Kier molecular flexibility index (Phi) is 2.91. The summed E-state index contributed by atoms with van der Waals surface area (Å²) in [4.78, 5) is 13.8. The van der Waals surface area contributed by atoms with Gasteiger partial charge in [0, 0.05) is 12.4 Å². The fraction of sp³-hybridized carbons (Fsp3) is 0.200. The maximum absolute atomic E-state index is 12.7. The number of alkyl halides is 6. The molecule has 20 heavy (non-hydrogen) atoms. The van der Waals surface area contributed by atoms with Crippen molar-refractivity contribution >= 4 is 11.6 Å². The van der Waals surface area contributed by atoms with Crippen molar-refractivity contribution in [3.05, 3.63) is 35.3 Å². The van der Waals surface area contributed by atoms with Crippen LogP contribution in [0.3, 0.4) is 0 Å². The second-order valence-electron chi connectivity index (χ2n) is 3.80. The summed E-state index contributed by atoms with van der Waals surface area (Å²) in [6.07, 6.45) is -9.16. The van der Waals surface area contributed by atoms with Gasteiger partial charge in [0.25, 0.3) is 0 Å². The van der Waals surface area contributed by atoms with Crippen molar-refractivity contribution in [2.75, 3.05) is 0 Å². The molecule has 0 aromatic carbocycles. The Morgan fingerprint density at radius 3 is 2.15 bits per heavy atom. The molecule has 0 amide bonds. The smallest absolute Gasteiger partial charge is 0.419 e. The zero-order valence-corrected chi connectivity index (χ0v) is 9.25. The minimum atomic E-state index is -5.09. The summed E-state index contributed by atoms with van der Waals surface area (Å²) in [5.41, 5.74) is -4.88. The Bertz CT molecular complexity index is 685. The van der Waals surface area contributed by atoms with E-state index in [0.717, 1.165) is 0 Å². The molecule has 0 atom stereocenters. The topological polar surface area (TPSA) is 54.6 Å². The van der Waals surface area contributed by atoms with E-state index in [2.05, 4.69) is 4.98 Å². The molecule has 0 aliphatic carbocycles. The van der Waals surface area contributed by atoms with Crippen LogP contribution in [0.25, 0.3) is 5.65 Å². The molecular formula is C10H4F6N2O2. The third kappa shape index (κ3) is 2.40. The van der Waals surface area contributed by atoms with Crippen LogP contribution in [0, 0.1) is 0 Å². The highest BCUT2D eigenvalue weighted by molar-refractivity contribution is 5.86. The molecule has 2 aromatic heterocycles. The Labute approximate surface area is 106 Å². The van der Waals surface area contributed by atoms with Crippen molar-refractivity contribution in [1.82, 2.24) is 9.38 Å². The van der Waals surface area contributed by atoms with Gasteiger partial charge in [0.15, 0.2) is 5.69 Å². The number of fused-ring (bicyclic) bond motifs is 1. The Morgan fingerprint density at radius 1 is 1.10 bits per heavy atom. The molecule has 0 radical (unpaired) electrons. The molecular weight excluding hydrogens is 294 g/mol. The first-order valence-corrected chi connectivity index (χ1v) is 4.90. The summed E-state index contributed by atoms with van der Waals surface area (Å²) in [5.74, 6) is -1.64. The molecule has 1 N–H and O–H groups in total. The van der Waals surface area contributed by atoms with Crippen LogP contribution >= 0.6 is 0 Å². The lowest BCUT2D eigenvalue weighted by Gasteiger charge is -2.12. The summed E-state index contributed by atoms with van der Waals surface area (Å²) in [6, 6.07) is -0.103. The molecule has 10 heteroatoms. The number of carboxylic acid groups (broad SMARTS) is 1. The van der Waals surface area contributed by atoms with E-state index in [-0.39, 0.29) is 6.07 Å². The Hall–Kier alpha value is -2.26. The first kappa shape index (κ1) is 14.2. The van der Waals surface area contributed by atoms with Crippen molar-refractivity contribution in [2.24, 2.45) is 0 Å². The minimum Gasteiger partial charge on any atom is -0.476 e. The van der Waals surface area contributed by atoms with Crippen LogP contribution in [0.1, 0.15) is 21.6 Å². The van der Waals surface area contributed by atoms with Crippen LogP contribution in [-0.4, -0.2) is 20.5 Å². The molecule has 0 aliphatic rings. The van der Waals surface area contributed by atoms with Crippen molar-refractivity contribution in [1.29, 1.82) is 0 Å². The lowest BCUT2D eigenvalue weighted by molar-refractivity contribution is -0.142. The predicted octanol–water partition coefficient (Wildman–Crippen LogP) is 3.07. The van der Waals surface area contributed by atoms with Crippen molar-refractivity contribution < 1.29 is 36.2 Å². The number of imidazole rings is 1. The molecule has 0 spiro atoms. The van der Waals surface area contributed by atoms with E-state index in [0.29, 0.717) is 16.8 Å². The molecule has 0 bridgehead atoms. The summed E-state index contributed by atoms with van der Waals surface area (Å²) >= 11 is 0. The van der Waals surface area contributed by atoms with Crippen molar-refractivity contribution in [2.45, 2.75) is 12.4 Å². The van der Waals surface area contributed by atoms with Gasteiger partial charge in [-0.05, 0) is 6.07 Å². The zero-order valence-electron chi connectivity index (χ0n) is 9.25. The third-order valence-electron chi connectivity index (χ3n) is 2.40. The summed E-state index contributed by atoms with van der Waals surface area (Å²) in [6.45, 7) is 0. The lowest BCUT2D eigenvalue weighted by Crippen LogP contribution is -2.13. The van der Waals surface area contributed by atoms with E-state index in [4.69, 9.17) is 5.11 Å². The van der Waals surface area contributed by atoms with Gasteiger partial charge in [-0.15, -0.1) is 0 Å². The molecule has 2 rings (SSSR count). The molecule has 2 heterocycles. The third-order valence-corrected chi connectivity index (χ3v) is 2.40. The predicted molar refractivity (Wildman–Crippen MR) is 52.2 cm³/mol. The summed E-state index contributed by atoms with van der Waals surface area (Å²) < 4.78 is 76.2.